The number of azo groups is 1. The van der Waals surface area contributed by atoms with Crippen molar-refractivity contribution in [3.63, 3.8) is 0 Å². The van der Waals surface area contributed by atoms with E-state index in [0.29, 0.717) is 11.6 Å². The molecule has 3 N–H and O–H groups in total. The average molecular weight is 434 g/mol. The first-order valence-electron chi connectivity index (χ1n) is 9.60. The van der Waals surface area contributed by atoms with Crippen LogP contribution in [0.25, 0.3) is 0 Å². The van der Waals surface area contributed by atoms with Crippen molar-refractivity contribution in [3.05, 3.63) is 48.0 Å². The third-order valence-electron chi connectivity index (χ3n) is 4.48. The minimum Gasteiger partial charge on any atom is -0.507 e. The number of aromatic carboxylic acids is 1. The number of benzene rings is 2. The molecule has 0 aliphatic rings. The van der Waals surface area contributed by atoms with Gasteiger partial charge in [0.2, 0.25) is 10.0 Å². The second kappa shape index (κ2) is 9.82. The largest absolute Gasteiger partial charge is 0.507 e. The van der Waals surface area contributed by atoms with Crippen molar-refractivity contribution < 1.29 is 23.4 Å². The zero-order chi connectivity index (χ0) is 22.5. The van der Waals surface area contributed by atoms with Crippen molar-refractivity contribution in [1.29, 1.82) is 0 Å². The fraction of sp³-hybridized carbons (Fsp3) is 0.381. The molecule has 1 unspecified atom stereocenters. The lowest BCUT2D eigenvalue weighted by Gasteiger charge is -2.24. The molecular formula is C21H27N3O5S. The van der Waals surface area contributed by atoms with Crippen LogP contribution in [-0.4, -0.2) is 30.6 Å². The van der Waals surface area contributed by atoms with Crippen LogP contribution in [0.15, 0.2) is 57.6 Å². The summed E-state index contributed by atoms with van der Waals surface area (Å²) in [5.74, 6) is -1.11. The van der Waals surface area contributed by atoms with Crippen LogP contribution >= 0.6 is 0 Å². The molecule has 9 heteroatoms. The van der Waals surface area contributed by atoms with E-state index in [2.05, 4.69) is 28.8 Å². The molecule has 1 atom stereocenters. The van der Waals surface area contributed by atoms with Gasteiger partial charge in [-0.05, 0) is 60.7 Å². The van der Waals surface area contributed by atoms with Gasteiger partial charge >= 0.3 is 5.97 Å². The number of carboxylic acid groups (broad SMARTS) is 1. The van der Waals surface area contributed by atoms with E-state index in [1.807, 2.05) is 13.8 Å². The van der Waals surface area contributed by atoms with Crippen molar-refractivity contribution in [2.45, 2.75) is 45.1 Å². The molecule has 0 saturated heterocycles. The Morgan fingerprint density at radius 1 is 1.00 bits per heavy atom. The lowest BCUT2D eigenvalue weighted by Crippen LogP contribution is -2.39. The number of carboxylic acids is 1. The first-order chi connectivity index (χ1) is 14.0. The van der Waals surface area contributed by atoms with Crippen LogP contribution in [0.2, 0.25) is 0 Å². The highest BCUT2D eigenvalue weighted by atomic mass is 32.2. The number of nitrogens with zero attached hydrogens (tertiary/aromatic N) is 2. The summed E-state index contributed by atoms with van der Waals surface area (Å²) in [5, 5.41) is 26.5. The smallest absolute Gasteiger partial charge is 0.339 e. The molecule has 0 fully saturated rings. The molecule has 0 aliphatic carbocycles. The predicted octanol–water partition coefficient (Wildman–Crippen LogP) is 4.85. The maximum absolute atomic E-state index is 12.7. The summed E-state index contributed by atoms with van der Waals surface area (Å²) in [6, 6.07) is 9.62. The van der Waals surface area contributed by atoms with Crippen LogP contribution in [-0.2, 0) is 10.0 Å². The van der Waals surface area contributed by atoms with E-state index >= 15 is 0 Å². The van der Waals surface area contributed by atoms with Gasteiger partial charge in [-0.15, -0.1) is 0 Å². The van der Waals surface area contributed by atoms with Crippen LogP contribution in [0, 0.1) is 11.8 Å². The number of hydrogen-bond acceptors (Lipinski definition) is 6. The van der Waals surface area contributed by atoms with E-state index in [0.717, 1.165) is 6.42 Å². The zero-order valence-electron chi connectivity index (χ0n) is 17.4. The maximum Gasteiger partial charge on any atom is 0.339 e. The Hall–Kier alpha value is -2.78. The molecule has 0 saturated carbocycles. The van der Waals surface area contributed by atoms with Crippen molar-refractivity contribution in [3.8, 4) is 5.75 Å². The molecule has 2 aromatic rings. The molecule has 0 aromatic heterocycles. The second-order valence-electron chi connectivity index (χ2n) is 7.80. The average Bonchev–Trinajstić information content (AvgIpc) is 2.66. The maximum atomic E-state index is 12.7. The Morgan fingerprint density at radius 2 is 1.57 bits per heavy atom. The van der Waals surface area contributed by atoms with Gasteiger partial charge in [0, 0.05) is 6.04 Å². The topological polar surface area (TPSA) is 128 Å². The van der Waals surface area contributed by atoms with Gasteiger partial charge in [-0.2, -0.15) is 10.2 Å². The molecule has 0 radical (unpaired) electrons. The number of sulfonamides is 1. The van der Waals surface area contributed by atoms with Gasteiger partial charge in [-0.25, -0.2) is 17.9 Å². The second-order valence-corrected chi connectivity index (χ2v) is 9.52. The van der Waals surface area contributed by atoms with Gasteiger partial charge in [0.15, 0.2) is 0 Å². The van der Waals surface area contributed by atoms with Gasteiger partial charge in [0.05, 0.1) is 16.3 Å². The molecule has 30 heavy (non-hydrogen) atoms. The van der Waals surface area contributed by atoms with Crippen LogP contribution in [0.5, 0.6) is 5.75 Å². The van der Waals surface area contributed by atoms with E-state index in [9.17, 15) is 18.3 Å². The fourth-order valence-corrected chi connectivity index (χ4v) is 4.19. The SMILES string of the molecule is CC(C)CC(NS(=O)(=O)c1ccc(N=Nc2ccc(O)c(C(=O)O)c2)cc1)C(C)C. The highest BCUT2D eigenvalue weighted by Crippen LogP contribution is 2.26. The van der Waals surface area contributed by atoms with Gasteiger partial charge in [-0.3, -0.25) is 0 Å². The first-order valence-corrected chi connectivity index (χ1v) is 11.1. The Labute approximate surface area is 176 Å². The van der Waals surface area contributed by atoms with Crippen LogP contribution in [0.3, 0.4) is 0 Å². The van der Waals surface area contributed by atoms with Gasteiger partial charge in [-0.1, -0.05) is 27.7 Å². The van der Waals surface area contributed by atoms with Crippen molar-refractivity contribution in [2.24, 2.45) is 22.1 Å². The third kappa shape index (κ3) is 6.36. The highest BCUT2D eigenvalue weighted by molar-refractivity contribution is 7.89. The summed E-state index contributed by atoms with van der Waals surface area (Å²) in [6.45, 7) is 8.07. The molecule has 0 spiro atoms. The first kappa shape index (κ1) is 23.5. The lowest BCUT2D eigenvalue weighted by atomic mass is 9.96. The zero-order valence-corrected chi connectivity index (χ0v) is 18.2. The molecule has 162 valence electrons. The Morgan fingerprint density at radius 3 is 2.10 bits per heavy atom. The predicted molar refractivity (Wildman–Crippen MR) is 114 cm³/mol. The normalized spacial score (nSPS) is 13.3. The van der Waals surface area contributed by atoms with E-state index in [-0.39, 0.29) is 33.9 Å². The molecule has 8 nitrogen and oxygen atoms in total. The summed E-state index contributed by atoms with van der Waals surface area (Å²) >= 11 is 0. The Kier molecular flexibility index (Phi) is 7.69. The molecule has 2 rings (SSSR count). The minimum atomic E-state index is -3.67. The quantitative estimate of drug-likeness (QED) is 0.487. The molecule has 0 amide bonds. The lowest BCUT2D eigenvalue weighted by molar-refractivity contribution is 0.0693. The minimum absolute atomic E-state index is 0.133. The highest BCUT2D eigenvalue weighted by Gasteiger charge is 2.23. The monoisotopic (exact) mass is 433 g/mol. The molecule has 0 heterocycles. The van der Waals surface area contributed by atoms with E-state index in [4.69, 9.17) is 5.11 Å². The van der Waals surface area contributed by atoms with E-state index in [1.54, 1.807) is 0 Å². The summed E-state index contributed by atoms with van der Waals surface area (Å²) in [4.78, 5) is 11.2. The number of phenols is 1. The fourth-order valence-electron chi connectivity index (χ4n) is 2.80. The number of rotatable bonds is 9. The molecule has 0 bridgehead atoms. The van der Waals surface area contributed by atoms with Crippen LogP contribution < -0.4 is 4.72 Å². The van der Waals surface area contributed by atoms with Gasteiger partial charge < -0.3 is 10.2 Å². The molecular weight excluding hydrogens is 406 g/mol. The number of carbonyl (C=O) groups is 1. The molecule has 2 aromatic carbocycles. The van der Waals surface area contributed by atoms with Crippen molar-refractivity contribution >= 4 is 27.4 Å². The van der Waals surface area contributed by atoms with Crippen LogP contribution in [0.1, 0.15) is 44.5 Å². The Balaban J connectivity index is 2.17. The van der Waals surface area contributed by atoms with E-state index in [1.165, 1.54) is 42.5 Å². The van der Waals surface area contributed by atoms with Gasteiger partial charge in [0.25, 0.3) is 0 Å². The summed E-state index contributed by atoms with van der Waals surface area (Å²) in [7, 11) is -3.67. The van der Waals surface area contributed by atoms with Crippen LogP contribution in [0.4, 0.5) is 11.4 Å². The standard InChI is InChI=1S/C21H27N3O5S/c1-13(2)11-19(14(3)4)24-30(28,29)17-8-5-15(6-9-17)22-23-16-7-10-20(25)18(12-16)21(26)27/h5-10,12-14,19,24-25H,11H2,1-4H3,(H,26,27). The van der Waals surface area contributed by atoms with Crippen molar-refractivity contribution in [1.82, 2.24) is 4.72 Å². The van der Waals surface area contributed by atoms with Gasteiger partial charge in [0.1, 0.15) is 11.3 Å². The molecule has 0 aliphatic heterocycles. The summed E-state index contributed by atoms with van der Waals surface area (Å²) < 4.78 is 28.2. The Bertz CT molecular complexity index is 1020. The van der Waals surface area contributed by atoms with Crippen molar-refractivity contribution in [2.75, 3.05) is 0 Å². The summed E-state index contributed by atoms with van der Waals surface area (Å²) in [6.07, 6.45) is 0.744. The number of hydrogen-bond donors (Lipinski definition) is 3. The third-order valence-corrected chi connectivity index (χ3v) is 5.98. The number of aromatic hydroxyl groups is 1. The summed E-state index contributed by atoms with van der Waals surface area (Å²) in [5.41, 5.74) is 0.374. The number of nitrogens with one attached hydrogen (secondary N) is 1. The van der Waals surface area contributed by atoms with E-state index < -0.39 is 16.0 Å².